The minimum atomic E-state index is 0.847. The summed E-state index contributed by atoms with van der Waals surface area (Å²) in [7, 11) is 0. The van der Waals surface area contributed by atoms with Crippen LogP contribution in [-0.2, 0) is 0 Å². The molecule has 1 nitrogen and oxygen atoms in total. The molecule has 0 bridgehead atoms. The number of rotatable bonds is 6. The van der Waals surface area contributed by atoms with Crippen LogP contribution in [0.3, 0.4) is 0 Å². The van der Waals surface area contributed by atoms with E-state index >= 15 is 0 Å². The first kappa shape index (κ1) is 9.70. The third kappa shape index (κ3) is 4.57. The van der Waals surface area contributed by atoms with Gasteiger partial charge in [-0.15, -0.1) is 6.58 Å². The summed E-state index contributed by atoms with van der Waals surface area (Å²) in [6.07, 6.45) is 4.46. The first-order valence-corrected chi connectivity index (χ1v) is 4.16. The molecule has 1 N–H and O–H groups in total. The predicted molar refractivity (Wildman–Crippen MR) is 47.1 cm³/mol. The SMILES string of the molecule is C=CCNCC(CC)CC. The second-order valence-electron chi connectivity index (χ2n) is 2.63. The molecular formula is C9H19N. The fraction of sp³-hybridized carbons (Fsp3) is 0.778. The van der Waals surface area contributed by atoms with Crippen molar-refractivity contribution in [2.45, 2.75) is 26.7 Å². The van der Waals surface area contributed by atoms with Crippen molar-refractivity contribution in [2.75, 3.05) is 13.1 Å². The summed E-state index contributed by atoms with van der Waals surface area (Å²) in [6, 6.07) is 0. The molecular weight excluding hydrogens is 122 g/mol. The minimum Gasteiger partial charge on any atom is -0.313 e. The Morgan fingerprint density at radius 2 is 2.00 bits per heavy atom. The zero-order chi connectivity index (χ0) is 7.82. The quantitative estimate of drug-likeness (QED) is 0.441. The first-order valence-electron chi connectivity index (χ1n) is 4.16. The number of nitrogens with one attached hydrogen (secondary N) is 1. The maximum Gasteiger partial charge on any atom is 0.0132 e. The van der Waals surface area contributed by atoms with Crippen LogP contribution in [0, 0.1) is 5.92 Å². The van der Waals surface area contributed by atoms with Crippen molar-refractivity contribution in [1.29, 1.82) is 0 Å². The van der Waals surface area contributed by atoms with Gasteiger partial charge in [0.05, 0.1) is 0 Å². The van der Waals surface area contributed by atoms with E-state index < -0.39 is 0 Å². The molecule has 0 radical (unpaired) electrons. The van der Waals surface area contributed by atoms with Crippen LogP contribution in [0.4, 0.5) is 0 Å². The van der Waals surface area contributed by atoms with Gasteiger partial charge in [-0.1, -0.05) is 32.8 Å². The van der Waals surface area contributed by atoms with Crippen molar-refractivity contribution < 1.29 is 0 Å². The second-order valence-corrected chi connectivity index (χ2v) is 2.63. The molecule has 0 heterocycles. The van der Waals surface area contributed by atoms with Crippen LogP contribution in [0.25, 0.3) is 0 Å². The van der Waals surface area contributed by atoms with E-state index in [0.29, 0.717) is 0 Å². The van der Waals surface area contributed by atoms with E-state index in [0.717, 1.165) is 19.0 Å². The van der Waals surface area contributed by atoms with Gasteiger partial charge in [0.15, 0.2) is 0 Å². The highest BCUT2D eigenvalue weighted by molar-refractivity contribution is 4.70. The molecule has 0 aromatic rings. The van der Waals surface area contributed by atoms with Crippen LogP contribution in [0.15, 0.2) is 12.7 Å². The summed E-state index contributed by atoms with van der Waals surface area (Å²) >= 11 is 0. The van der Waals surface area contributed by atoms with Gasteiger partial charge < -0.3 is 5.32 Å². The molecule has 0 saturated heterocycles. The van der Waals surface area contributed by atoms with Crippen LogP contribution in [-0.4, -0.2) is 13.1 Å². The highest BCUT2D eigenvalue weighted by Crippen LogP contribution is 2.04. The Labute approximate surface area is 64.5 Å². The van der Waals surface area contributed by atoms with Gasteiger partial charge in [-0.05, 0) is 12.5 Å². The average molecular weight is 141 g/mol. The van der Waals surface area contributed by atoms with Crippen LogP contribution >= 0.6 is 0 Å². The molecule has 0 spiro atoms. The second kappa shape index (κ2) is 6.81. The zero-order valence-electron chi connectivity index (χ0n) is 7.19. The molecule has 1 heteroatoms. The number of hydrogen-bond donors (Lipinski definition) is 1. The minimum absolute atomic E-state index is 0.847. The summed E-state index contributed by atoms with van der Waals surface area (Å²) in [4.78, 5) is 0. The Hall–Kier alpha value is -0.300. The largest absolute Gasteiger partial charge is 0.313 e. The molecule has 0 aliphatic heterocycles. The van der Waals surface area contributed by atoms with E-state index in [1.54, 1.807) is 0 Å². The van der Waals surface area contributed by atoms with Gasteiger partial charge in [0.2, 0.25) is 0 Å². The lowest BCUT2D eigenvalue weighted by Crippen LogP contribution is -2.21. The lowest BCUT2D eigenvalue weighted by atomic mass is 10.0. The molecule has 0 aliphatic rings. The van der Waals surface area contributed by atoms with E-state index in [9.17, 15) is 0 Å². The maximum atomic E-state index is 3.65. The van der Waals surface area contributed by atoms with Crippen molar-refractivity contribution in [1.82, 2.24) is 5.32 Å². The van der Waals surface area contributed by atoms with Gasteiger partial charge >= 0.3 is 0 Å². The third-order valence-corrected chi connectivity index (χ3v) is 1.88. The first-order chi connectivity index (χ1) is 4.85. The molecule has 0 aromatic carbocycles. The fourth-order valence-electron chi connectivity index (χ4n) is 0.967. The van der Waals surface area contributed by atoms with Gasteiger partial charge in [0.25, 0.3) is 0 Å². The zero-order valence-corrected chi connectivity index (χ0v) is 7.19. The predicted octanol–water partition coefficient (Wildman–Crippen LogP) is 2.20. The summed E-state index contributed by atoms with van der Waals surface area (Å²) in [5, 5.41) is 3.32. The molecule has 0 aromatic heterocycles. The van der Waals surface area contributed by atoms with Gasteiger partial charge in [-0.2, -0.15) is 0 Å². The standard InChI is InChI=1S/C9H19N/c1-4-7-10-8-9(5-2)6-3/h4,9-10H,1,5-8H2,2-3H3. The molecule has 60 valence electrons. The highest BCUT2D eigenvalue weighted by Gasteiger charge is 1.99. The maximum absolute atomic E-state index is 3.65. The van der Waals surface area contributed by atoms with Crippen LogP contribution < -0.4 is 5.32 Å². The fourth-order valence-corrected chi connectivity index (χ4v) is 0.967. The Morgan fingerprint density at radius 3 is 2.40 bits per heavy atom. The average Bonchev–Trinajstić information content (AvgIpc) is 1.99. The van der Waals surface area contributed by atoms with E-state index in [4.69, 9.17) is 0 Å². The van der Waals surface area contributed by atoms with Gasteiger partial charge in [-0.25, -0.2) is 0 Å². The topological polar surface area (TPSA) is 12.0 Å². The smallest absolute Gasteiger partial charge is 0.0132 e. The van der Waals surface area contributed by atoms with Crippen molar-refractivity contribution in [2.24, 2.45) is 5.92 Å². The number of hydrogen-bond acceptors (Lipinski definition) is 1. The Bertz CT molecular complexity index is 74.8. The third-order valence-electron chi connectivity index (χ3n) is 1.88. The summed E-state index contributed by atoms with van der Waals surface area (Å²) < 4.78 is 0. The van der Waals surface area contributed by atoms with Crippen molar-refractivity contribution in [3.8, 4) is 0 Å². The molecule has 10 heavy (non-hydrogen) atoms. The van der Waals surface area contributed by atoms with E-state index in [2.05, 4.69) is 25.7 Å². The molecule has 0 rings (SSSR count). The highest BCUT2D eigenvalue weighted by atomic mass is 14.8. The monoisotopic (exact) mass is 141 g/mol. The summed E-state index contributed by atoms with van der Waals surface area (Å²) in [5.74, 6) is 0.847. The Kier molecular flexibility index (Phi) is 6.61. The Balaban J connectivity index is 3.16. The van der Waals surface area contributed by atoms with Crippen molar-refractivity contribution in [3.63, 3.8) is 0 Å². The van der Waals surface area contributed by atoms with E-state index in [1.807, 2.05) is 6.08 Å². The van der Waals surface area contributed by atoms with E-state index in [-0.39, 0.29) is 0 Å². The van der Waals surface area contributed by atoms with Crippen LogP contribution in [0.5, 0.6) is 0 Å². The van der Waals surface area contributed by atoms with Gasteiger partial charge in [0, 0.05) is 6.54 Å². The molecule has 0 atom stereocenters. The Morgan fingerprint density at radius 1 is 1.40 bits per heavy atom. The lowest BCUT2D eigenvalue weighted by molar-refractivity contribution is 0.461. The van der Waals surface area contributed by atoms with Gasteiger partial charge in [0.1, 0.15) is 0 Å². The molecule has 0 saturated carbocycles. The van der Waals surface area contributed by atoms with Crippen LogP contribution in [0.1, 0.15) is 26.7 Å². The molecule has 0 fully saturated rings. The van der Waals surface area contributed by atoms with Crippen molar-refractivity contribution >= 4 is 0 Å². The molecule has 0 unspecified atom stereocenters. The van der Waals surface area contributed by atoms with Crippen LogP contribution in [0.2, 0.25) is 0 Å². The summed E-state index contributed by atoms with van der Waals surface area (Å²) in [6.45, 7) is 10.2. The van der Waals surface area contributed by atoms with Gasteiger partial charge in [-0.3, -0.25) is 0 Å². The lowest BCUT2D eigenvalue weighted by Gasteiger charge is -2.11. The normalized spacial score (nSPS) is 10.3. The molecule has 0 amide bonds. The van der Waals surface area contributed by atoms with E-state index in [1.165, 1.54) is 12.8 Å². The van der Waals surface area contributed by atoms with Crippen molar-refractivity contribution in [3.05, 3.63) is 12.7 Å². The molecule has 0 aliphatic carbocycles. The summed E-state index contributed by atoms with van der Waals surface area (Å²) in [5.41, 5.74) is 0.